The van der Waals surface area contributed by atoms with Crippen molar-refractivity contribution < 1.29 is 24.7 Å². The summed E-state index contributed by atoms with van der Waals surface area (Å²) in [6, 6.07) is 6.31. The number of nitrogens with zero attached hydrogens (tertiary/aromatic N) is 1. The molecule has 0 aliphatic heterocycles. The standard InChI is InChI=1S/C14H15BN2O5S/c18-13(8-11-2-1-5-23-11)17-12(15(21)22)7-10-6-9(14(19)20)3-4-16-10/h1-6,12,21-22H,7-8H2,(H,17,18)(H,19,20)/t12-/m1/s1. The minimum atomic E-state index is -1.78. The number of aromatic carboxylic acids is 1. The molecule has 120 valence electrons. The summed E-state index contributed by atoms with van der Waals surface area (Å²) >= 11 is 1.43. The largest absolute Gasteiger partial charge is 0.478 e. The summed E-state index contributed by atoms with van der Waals surface area (Å²) < 4.78 is 0. The summed E-state index contributed by atoms with van der Waals surface area (Å²) in [5.41, 5.74) is 0.394. The molecule has 2 heterocycles. The van der Waals surface area contributed by atoms with Crippen LogP contribution in [0.25, 0.3) is 0 Å². The Hall–Kier alpha value is -2.23. The number of hydrogen-bond acceptors (Lipinski definition) is 6. The number of carbonyl (C=O) groups is 2. The van der Waals surface area contributed by atoms with E-state index in [0.29, 0.717) is 5.69 Å². The Labute approximate surface area is 136 Å². The van der Waals surface area contributed by atoms with Crippen molar-refractivity contribution in [3.63, 3.8) is 0 Å². The van der Waals surface area contributed by atoms with Gasteiger partial charge in [-0.05, 0) is 23.6 Å². The van der Waals surface area contributed by atoms with Crippen molar-refractivity contribution >= 4 is 30.3 Å². The van der Waals surface area contributed by atoms with E-state index < -0.39 is 19.0 Å². The van der Waals surface area contributed by atoms with Gasteiger partial charge in [0.25, 0.3) is 0 Å². The number of nitrogens with one attached hydrogen (secondary N) is 1. The lowest BCUT2D eigenvalue weighted by Crippen LogP contribution is -2.48. The Morgan fingerprint density at radius 3 is 2.74 bits per heavy atom. The molecule has 0 aromatic carbocycles. The monoisotopic (exact) mass is 334 g/mol. The van der Waals surface area contributed by atoms with Crippen molar-refractivity contribution in [3.8, 4) is 0 Å². The molecule has 23 heavy (non-hydrogen) atoms. The Balaban J connectivity index is 2.02. The fourth-order valence-corrected chi connectivity index (χ4v) is 2.71. The van der Waals surface area contributed by atoms with Gasteiger partial charge in [0.15, 0.2) is 0 Å². The SMILES string of the molecule is O=C(Cc1cccs1)N[C@H](Cc1cc(C(=O)O)ccn1)B(O)O. The summed E-state index contributed by atoms with van der Waals surface area (Å²) in [5.74, 6) is -2.42. The molecule has 0 unspecified atom stereocenters. The normalized spacial score (nSPS) is 11.7. The van der Waals surface area contributed by atoms with Gasteiger partial charge in [-0.2, -0.15) is 0 Å². The molecule has 0 spiro atoms. The molecule has 0 saturated heterocycles. The van der Waals surface area contributed by atoms with Crippen LogP contribution in [-0.2, 0) is 17.6 Å². The van der Waals surface area contributed by atoms with Crippen LogP contribution in [0, 0.1) is 0 Å². The summed E-state index contributed by atoms with van der Waals surface area (Å²) in [7, 11) is -1.78. The maximum Gasteiger partial charge on any atom is 0.475 e. The number of carbonyl (C=O) groups excluding carboxylic acids is 1. The number of thiophene rings is 1. The molecule has 4 N–H and O–H groups in total. The van der Waals surface area contributed by atoms with Gasteiger partial charge in [0.1, 0.15) is 0 Å². The van der Waals surface area contributed by atoms with Crippen LogP contribution in [0.15, 0.2) is 35.8 Å². The van der Waals surface area contributed by atoms with Gasteiger partial charge in [0.2, 0.25) is 5.91 Å². The van der Waals surface area contributed by atoms with Crippen molar-refractivity contribution in [1.82, 2.24) is 10.3 Å². The highest BCUT2D eigenvalue weighted by atomic mass is 32.1. The molecule has 2 rings (SSSR count). The van der Waals surface area contributed by atoms with Crippen LogP contribution in [0.1, 0.15) is 20.9 Å². The molecular formula is C14H15BN2O5S. The third-order valence-electron chi connectivity index (χ3n) is 3.11. The van der Waals surface area contributed by atoms with E-state index in [2.05, 4.69) is 10.3 Å². The van der Waals surface area contributed by atoms with Gasteiger partial charge in [-0.15, -0.1) is 11.3 Å². The molecule has 1 amide bonds. The van der Waals surface area contributed by atoms with E-state index in [1.807, 2.05) is 17.5 Å². The molecule has 2 aromatic heterocycles. The van der Waals surface area contributed by atoms with E-state index in [-0.39, 0.29) is 24.3 Å². The van der Waals surface area contributed by atoms with Crippen LogP contribution >= 0.6 is 11.3 Å². The maximum absolute atomic E-state index is 11.9. The highest BCUT2D eigenvalue weighted by molar-refractivity contribution is 7.10. The lowest BCUT2D eigenvalue weighted by Gasteiger charge is -2.17. The Bertz CT molecular complexity index is 678. The number of rotatable bonds is 7. The second-order valence-electron chi connectivity index (χ2n) is 4.89. The Morgan fingerprint density at radius 2 is 2.13 bits per heavy atom. The first-order valence-electron chi connectivity index (χ1n) is 6.82. The average molecular weight is 334 g/mol. The third-order valence-corrected chi connectivity index (χ3v) is 3.99. The zero-order valence-electron chi connectivity index (χ0n) is 12.0. The number of hydrogen-bond donors (Lipinski definition) is 4. The maximum atomic E-state index is 11.9. The predicted molar refractivity (Wildman–Crippen MR) is 85.0 cm³/mol. The van der Waals surface area contributed by atoms with Crippen molar-refractivity contribution in [2.45, 2.75) is 18.8 Å². The van der Waals surface area contributed by atoms with Crippen LogP contribution in [0.2, 0.25) is 0 Å². The zero-order chi connectivity index (χ0) is 16.8. The molecular weight excluding hydrogens is 319 g/mol. The molecule has 0 fully saturated rings. The quantitative estimate of drug-likeness (QED) is 0.534. The van der Waals surface area contributed by atoms with Crippen LogP contribution in [0.4, 0.5) is 0 Å². The molecule has 9 heteroatoms. The van der Waals surface area contributed by atoms with E-state index in [9.17, 15) is 19.6 Å². The highest BCUT2D eigenvalue weighted by Crippen LogP contribution is 2.10. The third kappa shape index (κ3) is 5.17. The molecule has 2 aromatic rings. The van der Waals surface area contributed by atoms with Gasteiger partial charge in [0, 0.05) is 23.2 Å². The Kier molecular flexibility index (Phi) is 5.86. The minimum Gasteiger partial charge on any atom is -0.478 e. The molecule has 1 atom stereocenters. The van der Waals surface area contributed by atoms with Crippen LogP contribution in [0.5, 0.6) is 0 Å². The van der Waals surface area contributed by atoms with Crippen molar-refractivity contribution in [3.05, 3.63) is 52.0 Å². The van der Waals surface area contributed by atoms with Crippen LogP contribution in [-0.4, -0.2) is 45.1 Å². The molecule has 7 nitrogen and oxygen atoms in total. The molecule has 0 aliphatic rings. The van der Waals surface area contributed by atoms with Gasteiger partial charge < -0.3 is 20.5 Å². The lowest BCUT2D eigenvalue weighted by molar-refractivity contribution is -0.120. The van der Waals surface area contributed by atoms with Crippen molar-refractivity contribution in [2.75, 3.05) is 0 Å². The zero-order valence-corrected chi connectivity index (χ0v) is 12.9. The van der Waals surface area contributed by atoms with Crippen LogP contribution < -0.4 is 5.32 Å². The number of carboxylic acid groups (broad SMARTS) is 1. The van der Waals surface area contributed by atoms with Gasteiger partial charge in [-0.1, -0.05) is 6.07 Å². The number of carboxylic acids is 1. The first-order valence-corrected chi connectivity index (χ1v) is 7.70. The first kappa shape index (κ1) is 17.1. The summed E-state index contributed by atoms with van der Waals surface area (Å²) in [6.07, 6.45) is 1.48. The van der Waals surface area contributed by atoms with Gasteiger partial charge in [0.05, 0.1) is 17.9 Å². The predicted octanol–water partition coefficient (Wildman–Crippen LogP) is 0.123. The summed E-state index contributed by atoms with van der Waals surface area (Å²) in [5, 5.41) is 32.2. The van der Waals surface area contributed by atoms with Gasteiger partial charge in [-0.25, -0.2) is 4.79 Å². The average Bonchev–Trinajstić information content (AvgIpc) is 2.99. The fourth-order valence-electron chi connectivity index (χ4n) is 2.01. The summed E-state index contributed by atoms with van der Waals surface area (Å²) in [6.45, 7) is 0. The number of pyridine rings is 1. The van der Waals surface area contributed by atoms with Crippen molar-refractivity contribution in [1.29, 1.82) is 0 Å². The van der Waals surface area contributed by atoms with E-state index in [4.69, 9.17) is 5.11 Å². The highest BCUT2D eigenvalue weighted by Gasteiger charge is 2.26. The second kappa shape index (κ2) is 7.86. The molecule has 0 saturated carbocycles. The van der Waals surface area contributed by atoms with Gasteiger partial charge in [-0.3, -0.25) is 9.78 Å². The number of aromatic nitrogens is 1. The van der Waals surface area contributed by atoms with E-state index >= 15 is 0 Å². The topological polar surface area (TPSA) is 120 Å². The van der Waals surface area contributed by atoms with Gasteiger partial charge >= 0.3 is 13.1 Å². The van der Waals surface area contributed by atoms with Crippen LogP contribution in [0.3, 0.4) is 0 Å². The molecule has 0 bridgehead atoms. The fraction of sp³-hybridized carbons (Fsp3) is 0.214. The van der Waals surface area contributed by atoms with Crippen molar-refractivity contribution in [2.24, 2.45) is 0 Å². The van der Waals surface area contributed by atoms with E-state index in [1.54, 1.807) is 0 Å². The first-order chi connectivity index (χ1) is 11.0. The molecule has 0 radical (unpaired) electrons. The smallest absolute Gasteiger partial charge is 0.475 e. The second-order valence-corrected chi connectivity index (χ2v) is 5.92. The molecule has 0 aliphatic carbocycles. The van der Waals surface area contributed by atoms with E-state index in [0.717, 1.165) is 4.88 Å². The Morgan fingerprint density at radius 1 is 1.35 bits per heavy atom. The summed E-state index contributed by atoms with van der Waals surface area (Å²) in [4.78, 5) is 27.7. The lowest BCUT2D eigenvalue weighted by atomic mass is 9.76. The van der Waals surface area contributed by atoms with E-state index in [1.165, 1.54) is 29.7 Å². The minimum absolute atomic E-state index is 0.00890. The number of amides is 1.